The zero-order chi connectivity index (χ0) is 22.7. The number of hydrogen-bond donors (Lipinski definition) is 1. The Labute approximate surface area is 189 Å². The number of nitrogens with zero attached hydrogens (tertiary/aromatic N) is 4. The highest BCUT2D eigenvalue weighted by molar-refractivity contribution is 7.99. The molecule has 1 atom stereocenters. The Morgan fingerprint density at radius 3 is 2.72 bits per heavy atom. The van der Waals surface area contributed by atoms with Crippen LogP contribution in [-0.2, 0) is 16.6 Å². The summed E-state index contributed by atoms with van der Waals surface area (Å²) in [4.78, 5) is 26.6. The molecular weight excluding hydrogens is 430 g/mol. The van der Waals surface area contributed by atoms with Crippen molar-refractivity contribution < 1.29 is 19.1 Å². The molecule has 1 aliphatic heterocycles. The highest BCUT2D eigenvalue weighted by Crippen LogP contribution is 2.37. The van der Waals surface area contributed by atoms with E-state index in [-0.39, 0.29) is 30.2 Å². The summed E-state index contributed by atoms with van der Waals surface area (Å²) in [5, 5.41) is 11.9. The fraction of sp³-hybridized carbons (Fsp3) is 0.273. The maximum Gasteiger partial charge on any atom is 0.265 e. The Morgan fingerprint density at radius 2 is 1.97 bits per heavy atom. The van der Waals surface area contributed by atoms with Crippen LogP contribution in [0.2, 0.25) is 0 Å². The van der Waals surface area contributed by atoms with Crippen molar-refractivity contribution in [2.24, 2.45) is 7.05 Å². The Morgan fingerprint density at radius 1 is 1.22 bits per heavy atom. The maximum absolute atomic E-state index is 12.6. The molecule has 4 rings (SSSR count). The van der Waals surface area contributed by atoms with Gasteiger partial charge in [-0.15, -0.1) is 10.2 Å². The van der Waals surface area contributed by atoms with E-state index < -0.39 is 0 Å². The first-order valence-electron chi connectivity index (χ1n) is 9.98. The quantitative estimate of drug-likeness (QED) is 0.549. The van der Waals surface area contributed by atoms with Crippen molar-refractivity contribution >= 4 is 35.0 Å². The van der Waals surface area contributed by atoms with E-state index in [1.54, 1.807) is 40.8 Å². The van der Waals surface area contributed by atoms with E-state index >= 15 is 0 Å². The van der Waals surface area contributed by atoms with Crippen LogP contribution in [0, 0.1) is 0 Å². The number of ether oxygens (including phenoxy) is 2. The predicted octanol–water partition coefficient (Wildman–Crippen LogP) is 3.04. The SMILES string of the molecule is COc1ccc(NC(=O)CSc2nnc([C@H](C)N3C(=O)COc4ccccc43)n2C)cc1. The third-order valence-electron chi connectivity index (χ3n) is 5.08. The summed E-state index contributed by atoms with van der Waals surface area (Å²) in [5.74, 6) is 1.87. The van der Waals surface area contributed by atoms with E-state index in [4.69, 9.17) is 9.47 Å². The minimum Gasteiger partial charge on any atom is -0.497 e. The molecule has 1 N–H and O–H groups in total. The molecule has 10 heteroatoms. The molecule has 2 aromatic carbocycles. The zero-order valence-corrected chi connectivity index (χ0v) is 18.8. The van der Waals surface area contributed by atoms with Crippen LogP contribution < -0.4 is 19.7 Å². The van der Waals surface area contributed by atoms with Gasteiger partial charge in [-0.2, -0.15) is 0 Å². The first-order valence-corrected chi connectivity index (χ1v) is 11.0. The van der Waals surface area contributed by atoms with E-state index in [0.717, 1.165) is 5.75 Å². The van der Waals surface area contributed by atoms with Crippen LogP contribution in [0.1, 0.15) is 18.8 Å². The highest BCUT2D eigenvalue weighted by atomic mass is 32.2. The molecule has 32 heavy (non-hydrogen) atoms. The van der Waals surface area contributed by atoms with Gasteiger partial charge in [-0.05, 0) is 43.3 Å². The lowest BCUT2D eigenvalue weighted by Crippen LogP contribution is -2.41. The van der Waals surface area contributed by atoms with E-state index in [1.807, 2.05) is 38.2 Å². The monoisotopic (exact) mass is 453 g/mol. The van der Waals surface area contributed by atoms with Crippen LogP contribution in [0.3, 0.4) is 0 Å². The molecule has 0 fully saturated rings. The third kappa shape index (κ3) is 4.40. The Bertz CT molecular complexity index is 1130. The number of nitrogens with one attached hydrogen (secondary N) is 1. The normalized spacial score (nSPS) is 13.8. The van der Waals surface area contributed by atoms with Crippen LogP contribution in [-0.4, -0.2) is 46.0 Å². The number of anilines is 2. The van der Waals surface area contributed by atoms with Crippen LogP contribution in [0.25, 0.3) is 0 Å². The van der Waals surface area contributed by atoms with Crippen LogP contribution in [0.4, 0.5) is 11.4 Å². The summed E-state index contributed by atoms with van der Waals surface area (Å²) in [7, 11) is 3.42. The first kappa shape index (κ1) is 21.7. The number of methoxy groups -OCH3 is 1. The summed E-state index contributed by atoms with van der Waals surface area (Å²) < 4.78 is 12.4. The van der Waals surface area contributed by atoms with E-state index in [1.165, 1.54) is 11.8 Å². The van der Waals surface area contributed by atoms with Crippen molar-refractivity contribution in [1.82, 2.24) is 14.8 Å². The smallest absolute Gasteiger partial charge is 0.265 e. The third-order valence-corrected chi connectivity index (χ3v) is 6.10. The Balaban J connectivity index is 1.43. The van der Waals surface area contributed by atoms with Gasteiger partial charge in [-0.1, -0.05) is 23.9 Å². The van der Waals surface area contributed by atoms with Crippen LogP contribution in [0.5, 0.6) is 11.5 Å². The lowest BCUT2D eigenvalue weighted by Gasteiger charge is -2.33. The second-order valence-electron chi connectivity index (χ2n) is 7.16. The zero-order valence-electron chi connectivity index (χ0n) is 17.9. The molecule has 9 nitrogen and oxygen atoms in total. The van der Waals surface area contributed by atoms with Gasteiger partial charge in [0, 0.05) is 12.7 Å². The van der Waals surface area contributed by atoms with Gasteiger partial charge in [0.2, 0.25) is 5.91 Å². The average molecular weight is 454 g/mol. The number of aromatic nitrogens is 3. The molecule has 1 aliphatic rings. The molecular formula is C22H23N5O4S. The molecule has 166 valence electrons. The second-order valence-corrected chi connectivity index (χ2v) is 8.10. The molecule has 0 saturated carbocycles. The molecule has 2 amide bonds. The average Bonchev–Trinajstić information content (AvgIpc) is 3.18. The summed E-state index contributed by atoms with van der Waals surface area (Å²) >= 11 is 1.28. The van der Waals surface area contributed by atoms with E-state index in [2.05, 4.69) is 15.5 Å². The van der Waals surface area contributed by atoms with Crippen LogP contribution >= 0.6 is 11.8 Å². The molecule has 0 saturated heterocycles. The Kier molecular flexibility index (Phi) is 6.31. The number of fused-ring (bicyclic) bond motifs is 1. The lowest BCUT2D eigenvalue weighted by molar-refractivity contribution is -0.121. The maximum atomic E-state index is 12.6. The molecule has 0 aliphatic carbocycles. The summed E-state index contributed by atoms with van der Waals surface area (Å²) in [6, 6.07) is 14.2. The minimum atomic E-state index is -0.354. The van der Waals surface area contributed by atoms with Gasteiger partial charge in [0.05, 0.1) is 24.6 Å². The van der Waals surface area contributed by atoms with Crippen molar-refractivity contribution in [1.29, 1.82) is 0 Å². The summed E-state index contributed by atoms with van der Waals surface area (Å²) in [5.41, 5.74) is 1.39. The van der Waals surface area contributed by atoms with E-state index in [9.17, 15) is 9.59 Å². The molecule has 0 unspecified atom stereocenters. The van der Waals surface area contributed by atoms with Gasteiger partial charge >= 0.3 is 0 Å². The first-order chi connectivity index (χ1) is 15.5. The van der Waals surface area contributed by atoms with Gasteiger partial charge in [0.15, 0.2) is 17.6 Å². The molecule has 2 heterocycles. The number of para-hydroxylation sites is 2. The number of amides is 2. The number of rotatable bonds is 7. The van der Waals surface area contributed by atoms with Crippen molar-refractivity contribution in [3.05, 3.63) is 54.4 Å². The number of benzene rings is 2. The Hall–Kier alpha value is -3.53. The molecule has 0 bridgehead atoms. The van der Waals surface area contributed by atoms with E-state index in [0.29, 0.717) is 28.1 Å². The van der Waals surface area contributed by atoms with Gasteiger partial charge in [0.1, 0.15) is 11.5 Å². The fourth-order valence-corrected chi connectivity index (χ4v) is 4.20. The van der Waals surface area contributed by atoms with Gasteiger partial charge in [0.25, 0.3) is 5.91 Å². The van der Waals surface area contributed by atoms with Crippen molar-refractivity contribution in [3.63, 3.8) is 0 Å². The molecule has 1 aromatic heterocycles. The van der Waals surface area contributed by atoms with Gasteiger partial charge in [-0.25, -0.2) is 0 Å². The van der Waals surface area contributed by atoms with Crippen molar-refractivity contribution in [2.45, 2.75) is 18.1 Å². The number of carbonyl (C=O) groups excluding carboxylic acids is 2. The number of thioether (sulfide) groups is 1. The lowest BCUT2D eigenvalue weighted by atomic mass is 10.1. The van der Waals surface area contributed by atoms with Gasteiger partial charge < -0.3 is 19.4 Å². The molecule has 0 spiro atoms. The minimum absolute atomic E-state index is 0.0215. The van der Waals surface area contributed by atoms with Gasteiger partial charge in [-0.3, -0.25) is 14.5 Å². The summed E-state index contributed by atoms with van der Waals surface area (Å²) in [6.07, 6.45) is 0. The second kappa shape index (κ2) is 9.31. The van der Waals surface area contributed by atoms with Crippen molar-refractivity contribution in [3.8, 4) is 11.5 Å². The standard InChI is InChI=1S/C22H23N5O4S/c1-14(27-17-6-4-5-7-18(17)31-12-20(27)29)21-24-25-22(26(21)2)32-13-19(28)23-15-8-10-16(30-3)11-9-15/h4-11,14H,12-13H2,1-3H3,(H,23,28)/t14-/m0/s1. The number of carbonyl (C=O) groups is 2. The largest absolute Gasteiger partial charge is 0.497 e. The predicted molar refractivity (Wildman–Crippen MR) is 121 cm³/mol. The van der Waals surface area contributed by atoms with Crippen molar-refractivity contribution in [2.75, 3.05) is 29.7 Å². The highest BCUT2D eigenvalue weighted by Gasteiger charge is 2.32. The molecule has 3 aromatic rings. The summed E-state index contributed by atoms with van der Waals surface area (Å²) in [6.45, 7) is 1.88. The molecule has 0 radical (unpaired) electrons. The van der Waals surface area contributed by atoms with Crippen LogP contribution in [0.15, 0.2) is 53.7 Å². The topological polar surface area (TPSA) is 98.6 Å². The fourth-order valence-electron chi connectivity index (χ4n) is 3.48. The number of hydrogen-bond acceptors (Lipinski definition) is 7.